The van der Waals surface area contributed by atoms with Gasteiger partial charge in [0.25, 0.3) is 11.7 Å². The van der Waals surface area contributed by atoms with Crippen molar-refractivity contribution in [2.75, 3.05) is 11.9 Å². The number of hydrogen-bond donors (Lipinski definition) is 1. The number of carbonyl (C=O) groups excluding carboxylic acids is 2. The highest BCUT2D eigenvalue weighted by atomic mass is 32.1. The van der Waals surface area contributed by atoms with Gasteiger partial charge in [0.05, 0.1) is 17.0 Å². The molecule has 0 fully saturated rings. The first-order valence-electron chi connectivity index (χ1n) is 9.53. The zero-order chi connectivity index (χ0) is 20.5. The molecule has 1 aliphatic rings. The van der Waals surface area contributed by atoms with Crippen molar-refractivity contribution in [3.63, 3.8) is 0 Å². The van der Waals surface area contributed by atoms with E-state index in [0.717, 1.165) is 36.6 Å². The molecule has 8 heteroatoms. The van der Waals surface area contributed by atoms with Gasteiger partial charge in [0.2, 0.25) is 0 Å². The Morgan fingerprint density at radius 3 is 2.66 bits per heavy atom. The van der Waals surface area contributed by atoms with Gasteiger partial charge in [-0.05, 0) is 19.4 Å². The lowest BCUT2D eigenvalue weighted by Gasteiger charge is -2.25. The van der Waals surface area contributed by atoms with Crippen LogP contribution in [0.4, 0.5) is 5.13 Å². The molecule has 150 valence electrons. The second-order valence-electron chi connectivity index (χ2n) is 7.29. The van der Waals surface area contributed by atoms with Crippen LogP contribution < -0.4 is 5.32 Å². The third-order valence-electron chi connectivity index (χ3n) is 5.22. The molecule has 0 atom stereocenters. The van der Waals surface area contributed by atoms with Gasteiger partial charge in [-0.3, -0.25) is 24.5 Å². The standard InChI is InChI=1S/C21H23N5O2S/c1-13-18(14(2)25(3)24-13)19(27)20(28)23-21-22-16-9-10-26(12-17(16)29-21)11-15-7-5-4-6-8-15/h4-8H,9-12H2,1-3H3,(H,22,23,28). The highest BCUT2D eigenvalue weighted by Crippen LogP contribution is 2.29. The zero-order valence-corrected chi connectivity index (χ0v) is 17.5. The first-order valence-corrected chi connectivity index (χ1v) is 10.3. The van der Waals surface area contributed by atoms with Crippen LogP contribution in [0.5, 0.6) is 0 Å². The van der Waals surface area contributed by atoms with Crippen LogP contribution in [0.25, 0.3) is 0 Å². The molecule has 0 unspecified atom stereocenters. The normalized spacial score (nSPS) is 13.9. The van der Waals surface area contributed by atoms with Crippen molar-refractivity contribution in [2.24, 2.45) is 7.05 Å². The lowest BCUT2D eigenvalue weighted by atomic mass is 10.1. The number of ketones is 1. The van der Waals surface area contributed by atoms with Crippen LogP contribution in [0.3, 0.4) is 0 Å². The largest absolute Gasteiger partial charge is 0.298 e. The van der Waals surface area contributed by atoms with E-state index in [2.05, 4.69) is 32.4 Å². The summed E-state index contributed by atoms with van der Waals surface area (Å²) in [6, 6.07) is 10.4. The number of rotatable bonds is 5. The summed E-state index contributed by atoms with van der Waals surface area (Å²) in [5, 5.41) is 7.38. The molecule has 1 amide bonds. The Morgan fingerprint density at radius 2 is 1.97 bits per heavy atom. The van der Waals surface area contributed by atoms with Gasteiger partial charge in [-0.1, -0.05) is 30.3 Å². The Morgan fingerprint density at radius 1 is 1.21 bits per heavy atom. The summed E-state index contributed by atoms with van der Waals surface area (Å²) < 4.78 is 1.61. The minimum atomic E-state index is -0.670. The molecule has 0 saturated carbocycles. The Balaban J connectivity index is 1.44. The Labute approximate surface area is 173 Å². The second kappa shape index (κ2) is 7.88. The van der Waals surface area contributed by atoms with Gasteiger partial charge in [0.15, 0.2) is 5.13 Å². The van der Waals surface area contributed by atoms with E-state index in [1.807, 2.05) is 18.2 Å². The van der Waals surface area contributed by atoms with Gasteiger partial charge in [0.1, 0.15) is 0 Å². The maximum absolute atomic E-state index is 12.6. The topological polar surface area (TPSA) is 80.1 Å². The molecule has 1 aromatic carbocycles. The van der Waals surface area contributed by atoms with E-state index in [9.17, 15) is 9.59 Å². The molecule has 0 aliphatic carbocycles. The molecule has 3 aromatic rings. The van der Waals surface area contributed by atoms with E-state index >= 15 is 0 Å². The number of carbonyl (C=O) groups is 2. The Bertz CT molecular complexity index is 1070. The quantitative estimate of drug-likeness (QED) is 0.518. The van der Waals surface area contributed by atoms with Crippen LogP contribution in [0.2, 0.25) is 0 Å². The number of nitrogens with zero attached hydrogens (tertiary/aromatic N) is 4. The molecule has 4 rings (SSSR count). The molecule has 0 radical (unpaired) electrons. The maximum Gasteiger partial charge on any atom is 0.298 e. The molecule has 2 aromatic heterocycles. The molecule has 29 heavy (non-hydrogen) atoms. The number of aromatic nitrogens is 3. The van der Waals surface area contributed by atoms with E-state index in [0.29, 0.717) is 22.1 Å². The van der Waals surface area contributed by atoms with Crippen molar-refractivity contribution in [1.82, 2.24) is 19.7 Å². The van der Waals surface area contributed by atoms with E-state index in [1.54, 1.807) is 25.6 Å². The van der Waals surface area contributed by atoms with Gasteiger partial charge in [-0.15, -0.1) is 11.3 Å². The zero-order valence-electron chi connectivity index (χ0n) is 16.7. The van der Waals surface area contributed by atoms with E-state index in [-0.39, 0.29) is 0 Å². The lowest BCUT2D eigenvalue weighted by Crippen LogP contribution is -2.29. The fraction of sp³-hybridized carbons (Fsp3) is 0.333. The van der Waals surface area contributed by atoms with Crippen molar-refractivity contribution in [2.45, 2.75) is 33.4 Å². The van der Waals surface area contributed by atoms with Crippen LogP contribution in [0.15, 0.2) is 30.3 Å². The van der Waals surface area contributed by atoms with Crippen molar-refractivity contribution in [3.8, 4) is 0 Å². The average Bonchev–Trinajstić information content (AvgIpc) is 3.21. The Hall–Kier alpha value is -2.84. The minimum absolute atomic E-state index is 0.361. The summed E-state index contributed by atoms with van der Waals surface area (Å²) in [6.45, 7) is 6.12. The molecule has 0 saturated heterocycles. The van der Waals surface area contributed by atoms with Crippen LogP contribution in [0, 0.1) is 13.8 Å². The summed E-state index contributed by atoms with van der Waals surface area (Å²) in [5.41, 5.74) is 3.88. The highest BCUT2D eigenvalue weighted by molar-refractivity contribution is 7.16. The molecular formula is C21H23N5O2S. The number of fused-ring (bicyclic) bond motifs is 1. The average molecular weight is 410 g/mol. The van der Waals surface area contributed by atoms with Crippen LogP contribution >= 0.6 is 11.3 Å². The molecule has 1 N–H and O–H groups in total. The monoisotopic (exact) mass is 409 g/mol. The lowest BCUT2D eigenvalue weighted by molar-refractivity contribution is -0.112. The number of amides is 1. The van der Waals surface area contributed by atoms with Crippen molar-refractivity contribution < 1.29 is 9.59 Å². The van der Waals surface area contributed by atoms with Crippen molar-refractivity contribution >= 4 is 28.2 Å². The van der Waals surface area contributed by atoms with Gasteiger partial charge in [-0.25, -0.2) is 4.98 Å². The Kier molecular flexibility index (Phi) is 5.29. The van der Waals surface area contributed by atoms with Crippen LogP contribution in [-0.2, 0) is 31.4 Å². The molecule has 3 heterocycles. The third-order valence-corrected chi connectivity index (χ3v) is 6.22. The fourth-order valence-electron chi connectivity index (χ4n) is 3.65. The number of Topliss-reactive ketones (excluding diaryl/α,β-unsaturated/α-hetero) is 1. The number of hydrogen-bond acceptors (Lipinski definition) is 6. The van der Waals surface area contributed by atoms with E-state index in [4.69, 9.17) is 0 Å². The second-order valence-corrected chi connectivity index (χ2v) is 8.37. The van der Waals surface area contributed by atoms with Crippen LogP contribution in [-0.4, -0.2) is 37.9 Å². The summed E-state index contributed by atoms with van der Waals surface area (Å²) in [5.74, 6) is -1.25. The first-order chi connectivity index (χ1) is 13.9. The fourth-order valence-corrected chi connectivity index (χ4v) is 4.69. The summed E-state index contributed by atoms with van der Waals surface area (Å²) in [6.07, 6.45) is 0.837. The molecule has 7 nitrogen and oxygen atoms in total. The molecular weight excluding hydrogens is 386 g/mol. The third kappa shape index (κ3) is 3.99. The predicted octanol–water partition coefficient (Wildman–Crippen LogP) is 2.87. The van der Waals surface area contributed by atoms with E-state index in [1.165, 1.54) is 16.9 Å². The highest BCUT2D eigenvalue weighted by Gasteiger charge is 2.26. The number of benzene rings is 1. The van der Waals surface area contributed by atoms with Crippen molar-refractivity contribution in [1.29, 1.82) is 0 Å². The summed E-state index contributed by atoms with van der Waals surface area (Å²) in [4.78, 5) is 33.2. The summed E-state index contributed by atoms with van der Waals surface area (Å²) >= 11 is 1.45. The van der Waals surface area contributed by atoms with Crippen LogP contribution in [0.1, 0.15) is 37.9 Å². The SMILES string of the molecule is Cc1nn(C)c(C)c1C(=O)C(=O)Nc1nc2c(s1)CN(Cc1ccccc1)CC2. The molecule has 0 bridgehead atoms. The minimum Gasteiger partial charge on any atom is -0.295 e. The smallest absolute Gasteiger partial charge is 0.295 e. The first kappa shape index (κ1) is 19.5. The van der Waals surface area contributed by atoms with E-state index < -0.39 is 11.7 Å². The predicted molar refractivity (Wildman–Crippen MR) is 112 cm³/mol. The maximum atomic E-state index is 12.6. The van der Waals surface area contributed by atoms with Gasteiger partial charge < -0.3 is 0 Å². The molecule has 1 aliphatic heterocycles. The number of aryl methyl sites for hydroxylation is 2. The van der Waals surface area contributed by atoms with Crippen molar-refractivity contribution in [3.05, 3.63) is 63.4 Å². The van der Waals surface area contributed by atoms with Gasteiger partial charge in [0, 0.05) is 43.7 Å². The molecule has 0 spiro atoms. The van der Waals surface area contributed by atoms with Gasteiger partial charge in [-0.2, -0.15) is 5.10 Å². The van der Waals surface area contributed by atoms with Gasteiger partial charge >= 0.3 is 0 Å². The summed E-state index contributed by atoms with van der Waals surface area (Å²) in [7, 11) is 1.76. The number of nitrogens with one attached hydrogen (secondary N) is 1. The number of anilines is 1. The number of thiazole rings is 1.